The Morgan fingerprint density at radius 1 is 1.27 bits per heavy atom. The van der Waals surface area contributed by atoms with E-state index < -0.39 is 0 Å². The van der Waals surface area contributed by atoms with Crippen molar-refractivity contribution < 1.29 is 0 Å². The molecule has 0 saturated carbocycles. The first kappa shape index (κ1) is 7.60. The zero-order valence-electron chi connectivity index (χ0n) is 7.69. The Labute approximate surface area is 69.6 Å². The third-order valence-corrected chi connectivity index (χ3v) is 3.71. The molecule has 2 fully saturated rings. The maximum Gasteiger partial charge on any atom is 0.0207 e. The largest absolute Gasteiger partial charge is 0.308 e. The fourth-order valence-electron chi connectivity index (χ4n) is 2.80. The lowest BCUT2D eigenvalue weighted by Crippen LogP contribution is -2.50. The lowest BCUT2D eigenvalue weighted by atomic mass is 9.80. The normalized spacial score (nSPS) is 43.4. The molecule has 2 atom stereocenters. The summed E-state index contributed by atoms with van der Waals surface area (Å²) >= 11 is 0. The van der Waals surface area contributed by atoms with Crippen LogP contribution in [-0.4, -0.2) is 11.6 Å². The van der Waals surface area contributed by atoms with E-state index in [1.807, 2.05) is 0 Å². The number of fused-ring (bicyclic) bond motifs is 2. The highest BCUT2D eigenvalue weighted by Gasteiger charge is 2.42. The van der Waals surface area contributed by atoms with Crippen LogP contribution >= 0.6 is 0 Å². The first-order chi connectivity index (χ1) is 5.23. The van der Waals surface area contributed by atoms with Gasteiger partial charge in [-0.3, -0.25) is 0 Å². The van der Waals surface area contributed by atoms with Crippen molar-refractivity contribution in [3.8, 4) is 0 Å². The van der Waals surface area contributed by atoms with Gasteiger partial charge in [0.1, 0.15) is 0 Å². The van der Waals surface area contributed by atoms with Gasteiger partial charge >= 0.3 is 0 Å². The quantitative estimate of drug-likeness (QED) is 0.609. The Morgan fingerprint density at radius 3 is 2.73 bits per heavy atom. The number of rotatable bonds is 1. The molecule has 0 amide bonds. The van der Waals surface area contributed by atoms with E-state index >= 15 is 0 Å². The van der Waals surface area contributed by atoms with Crippen LogP contribution in [0, 0.1) is 5.92 Å². The molecular formula is C10H19N. The molecule has 1 heteroatoms. The molecule has 2 aliphatic rings. The topological polar surface area (TPSA) is 12.0 Å². The van der Waals surface area contributed by atoms with E-state index in [1.165, 1.54) is 32.1 Å². The highest BCUT2D eigenvalue weighted by molar-refractivity contribution is 5.02. The molecular weight excluding hydrogens is 134 g/mol. The molecule has 2 bridgehead atoms. The number of hydrogen-bond donors (Lipinski definition) is 1. The van der Waals surface area contributed by atoms with Gasteiger partial charge in [-0.1, -0.05) is 20.3 Å². The van der Waals surface area contributed by atoms with Crippen LogP contribution in [0.15, 0.2) is 0 Å². The zero-order valence-corrected chi connectivity index (χ0v) is 7.69. The van der Waals surface area contributed by atoms with E-state index in [0.717, 1.165) is 12.0 Å². The molecule has 2 heterocycles. The third kappa shape index (κ3) is 1.10. The van der Waals surface area contributed by atoms with Crippen LogP contribution in [0.2, 0.25) is 0 Å². The van der Waals surface area contributed by atoms with Crippen molar-refractivity contribution >= 4 is 0 Å². The molecule has 0 radical (unpaired) electrons. The second-order valence-corrected chi connectivity index (χ2v) is 4.58. The van der Waals surface area contributed by atoms with Gasteiger partial charge in [0.2, 0.25) is 0 Å². The second-order valence-electron chi connectivity index (χ2n) is 4.58. The SMILES string of the molecule is CC(C)C12CCCC(CC1)N2. The monoisotopic (exact) mass is 153 g/mol. The zero-order chi connectivity index (χ0) is 7.90. The standard InChI is InChI=1S/C10H19N/c1-8(2)10-6-3-4-9(11-10)5-7-10/h8-9,11H,3-7H2,1-2H3. The third-order valence-electron chi connectivity index (χ3n) is 3.71. The minimum Gasteiger partial charge on any atom is -0.308 e. The summed E-state index contributed by atoms with van der Waals surface area (Å²) < 4.78 is 0. The van der Waals surface area contributed by atoms with Crippen molar-refractivity contribution in [3.05, 3.63) is 0 Å². The Hall–Kier alpha value is -0.0400. The van der Waals surface area contributed by atoms with E-state index in [1.54, 1.807) is 0 Å². The Kier molecular flexibility index (Phi) is 1.71. The van der Waals surface area contributed by atoms with Crippen LogP contribution in [0.5, 0.6) is 0 Å². The van der Waals surface area contributed by atoms with E-state index in [9.17, 15) is 0 Å². The molecule has 64 valence electrons. The van der Waals surface area contributed by atoms with Crippen molar-refractivity contribution in [1.82, 2.24) is 5.32 Å². The van der Waals surface area contributed by atoms with Gasteiger partial charge in [-0.25, -0.2) is 0 Å². The first-order valence-corrected chi connectivity index (χ1v) is 5.01. The van der Waals surface area contributed by atoms with Crippen molar-refractivity contribution in [3.63, 3.8) is 0 Å². The first-order valence-electron chi connectivity index (χ1n) is 5.01. The number of nitrogens with one attached hydrogen (secondary N) is 1. The van der Waals surface area contributed by atoms with Gasteiger partial charge < -0.3 is 5.32 Å². The van der Waals surface area contributed by atoms with Crippen LogP contribution in [0.4, 0.5) is 0 Å². The molecule has 0 spiro atoms. The van der Waals surface area contributed by atoms with Gasteiger partial charge in [-0.2, -0.15) is 0 Å². The number of hydrogen-bond acceptors (Lipinski definition) is 1. The summed E-state index contributed by atoms with van der Waals surface area (Å²) in [7, 11) is 0. The Bertz CT molecular complexity index is 149. The fraction of sp³-hybridized carbons (Fsp3) is 1.00. The van der Waals surface area contributed by atoms with E-state index in [0.29, 0.717) is 5.54 Å². The summed E-state index contributed by atoms with van der Waals surface area (Å²) in [5.41, 5.74) is 0.545. The van der Waals surface area contributed by atoms with Crippen molar-refractivity contribution in [2.75, 3.05) is 0 Å². The van der Waals surface area contributed by atoms with E-state index in [-0.39, 0.29) is 0 Å². The Morgan fingerprint density at radius 2 is 2.09 bits per heavy atom. The molecule has 0 aromatic carbocycles. The van der Waals surface area contributed by atoms with Crippen molar-refractivity contribution in [2.45, 2.75) is 57.5 Å². The van der Waals surface area contributed by atoms with Gasteiger partial charge in [-0.15, -0.1) is 0 Å². The molecule has 2 unspecified atom stereocenters. The summed E-state index contributed by atoms with van der Waals surface area (Å²) in [6.45, 7) is 4.72. The summed E-state index contributed by atoms with van der Waals surface area (Å²) in [6.07, 6.45) is 7.15. The molecule has 0 aromatic heterocycles. The van der Waals surface area contributed by atoms with Gasteiger partial charge in [0.15, 0.2) is 0 Å². The Balaban J connectivity index is 2.13. The van der Waals surface area contributed by atoms with Crippen LogP contribution in [0.1, 0.15) is 46.0 Å². The molecule has 1 nitrogen and oxygen atoms in total. The second kappa shape index (κ2) is 2.48. The van der Waals surface area contributed by atoms with Gasteiger partial charge in [0.25, 0.3) is 0 Å². The smallest absolute Gasteiger partial charge is 0.0207 e. The molecule has 1 N–H and O–H groups in total. The highest BCUT2D eigenvalue weighted by atomic mass is 15.1. The summed E-state index contributed by atoms with van der Waals surface area (Å²) in [6, 6.07) is 0.867. The average molecular weight is 153 g/mol. The van der Waals surface area contributed by atoms with Gasteiger partial charge in [0, 0.05) is 11.6 Å². The van der Waals surface area contributed by atoms with Gasteiger partial charge in [-0.05, 0) is 31.6 Å². The lowest BCUT2D eigenvalue weighted by molar-refractivity contribution is 0.205. The van der Waals surface area contributed by atoms with E-state index in [2.05, 4.69) is 19.2 Å². The van der Waals surface area contributed by atoms with Crippen molar-refractivity contribution in [1.29, 1.82) is 0 Å². The predicted molar refractivity (Wildman–Crippen MR) is 47.6 cm³/mol. The summed E-state index contributed by atoms with van der Waals surface area (Å²) in [5, 5.41) is 3.80. The van der Waals surface area contributed by atoms with Crippen molar-refractivity contribution in [2.24, 2.45) is 5.92 Å². The maximum atomic E-state index is 3.80. The molecule has 0 aromatic rings. The number of piperidine rings is 1. The molecule has 11 heavy (non-hydrogen) atoms. The predicted octanol–water partition coefficient (Wildman–Crippen LogP) is 2.32. The molecule has 2 aliphatic heterocycles. The molecule has 0 aliphatic carbocycles. The van der Waals surface area contributed by atoms with Crippen LogP contribution in [-0.2, 0) is 0 Å². The maximum absolute atomic E-state index is 3.80. The van der Waals surface area contributed by atoms with Crippen LogP contribution in [0.25, 0.3) is 0 Å². The molecule has 2 rings (SSSR count). The minimum absolute atomic E-state index is 0.545. The van der Waals surface area contributed by atoms with Crippen LogP contribution in [0.3, 0.4) is 0 Å². The fourth-order valence-corrected chi connectivity index (χ4v) is 2.80. The lowest BCUT2D eigenvalue weighted by Gasteiger charge is -2.38. The molecule has 2 saturated heterocycles. The van der Waals surface area contributed by atoms with E-state index in [4.69, 9.17) is 0 Å². The average Bonchev–Trinajstić information content (AvgIpc) is 2.29. The summed E-state index contributed by atoms with van der Waals surface area (Å²) in [5.74, 6) is 0.827. The van der Waals surface area contributed by atoms with Gasteiger partial charge in [0.05, 0.1) is 0 Å². The summed E-state index contributed by atoms with van der Waals surface area (Å²) in [4.78, 5) is 0. The van der Waals surface area contributed by atoms with Crippen LogP contribution < -0.4 is 5.32 Å². The minimum atomic E-state index is 0.545. The highest BCUT2D eigenvalue weighted by Crippen LogP contribution is 2.40.